The van der Waals surface area contributed by atoms with Crippen LogP contribution in [-0.4, -0.2) is 28.7 Å². The maximum Gasteiger partial charge on any atom is 0.327 e. The summed E-state index contributed by atoms with van der Waals surface area (Å²) in [6, 6.07) is 2.00. The van der Waals surface area contributed by atoms with Gasteiger partial charge in [-0.1, -0.05) is 0 Å². The molecule has 0 saturated heterocycles. The number of hydrazine groups is 1. The molecule has 0 atom stereocenters. The van der Waals surface area contributed by atoms with Crippen LogP contribution in [0.5, 0.6) is 0 Å². The van der Waals surface area contributed by atoms with Gasteiger partial charge in [-0.25, -0.2) is 4.98 Å². The molecule has 2 aromatic heterocycles. The van der Waals surface area contributed by atoms with Crippen molar-refractivity contribution in [2.24, 2.45) is 0 Å². The van der Waals surface area contributed by atoms with Crippen LogP contribution < -0.4 is 16.2 Å². The van der Waals surface area contributed by atoms with Crippen molar-refractivity contribution in [2.75, 3.05) is 0 Å². The van der Waals surface area contributed by atoms with Gasteiger partial charge >= 0.3 is 11.8 Å². The molecule has 1 saturated carbocycles. The maximum atomic E-state index is 11.9. The molecule has 1 aliphatic carbocycles. The first-order valence-corrected chi connectivity index (χ1v) is 8.35. The van der Waals surface area contributed by atoms with E-state index in [9.17, 15) is 14.4 Å². The SMILES string of the molecule is O=C(NNC(=O)c1csc(-c2ccsc2)n1)C(=O)NC1CC1. The first-order chi connectivity index (χ1) is 10.6. The molecule has 3 amide bonds. The Morgan fingerprint density at radius 1 is 1.14 bits per heavy atom. The quantitative estimate of drug-likeness (QED) is 0.573. The summed E-state index contributed by atoms with van der Waals surface area (Å²) in [4.78, 5) is 39.0. The number of thiazole rings is 1. The molecule has 2 heterocycles. The van der Waals surface area contributed by atoms with Gasteiger partial charge in [-0.15, -0.1) is 11.3 Å². The summed E-state index contributed by atoms with van der Waals surface area (Å²) in [5, 5.41) is 8.71. The van der Waals surface area contributed by atoms with Crippen LogP contribution in [0.2, 0.25) is 0 Å². The molecular formula is C13H12N4O3S2. The fraction of sp³-hybridized carbons (Fsp3) is 0.231. The number of amides is 3. The third-order valence-electron chi connectivity index (χ3n) is 2.91. The summed E-state index contributed by atoms with van der Waals surface area (Å²) < 4.78 is 0. The number of nitrogens with one attached hydrogen (secondary N) is 3. The Balaban J connectivity index is 1.53. The van der Waals surface area contributed by atoms with E-state index in [4.69, 9.17) is 0 Å². The van der Waals surface area contributed by atoms with Gasteiger partial charge in [0.05, 0.1) is 0 Å². The highest BCUT2D eigenvalue weighted by Gasteiger charge is 2.26. The monoisotopic (exact) mass is 336 g/mol. The zero-order valence-electron chi connectivity index (χ0n) is 11.3. The zero-order valence-corrected chi connectivity index (χ0v) is 12.9. The molecule has 0 spiro atoms. The minimum absolute atomic E-state index is 0.0839. The first kappa shape index (κ1) is 14.7. The second kappa shape index (κ2) is 6.24. The van der Waals surface area contributed by atoms with E-state index in [1.807, 2.05) is 16.8 Å². The molecule has 1 fully saturated rings. The standard InChI is InChI=1S/C13H12N4O3S2/c18-10(16-17-12(20)11(19)14-8-1-2-8)9-6-22-13(15-9)7-3-4-21-5-7/h3-6,8H,1-2H2,(H,14,19)(H,16,18)(H,17,20). The normalized spacial score (nSPS) is 13.5. The fourth-order valence-corrected chi connectivity index (χ4v) is 3.12. The number of carbonyl (C=O) groups is 3. The Morgan fingerprint density at radius 3 is 2.64 bits per heavy atom. The third kappa shape index (κ3) is 3.49. The van der Waals surface area contributed by atoms with Crippen molar-refractivity contribution >= 4 is 40.4 Å². The number of rotatable bonds is 3. The fourth-order valence-electron chi connectivity index (χ4n) is 1.61. The molecule has 2 aromatic rings. The van der Waals surface area contributed by atoms with E-state index in [1.54, 1.807) is 16.7 Å². The van der Waals surface area contributed by atoms with E-state index in [1.165, 1.54) is 11.3 Å². The number of thiophene rings is 1. The number of hydrogen-bond acceptors (Lipinski definition) is 6. The molecule has 114 valence electrons. The van der Waals surface area contributed by atoms with Crippen LogP contribution in [0.3, 0.4) is 0 Å². The average molecular weight is 336 g/mol. The van der Waals surface area contributed by atoms with Crippen molar-refractivity contribution in [1.29, 1.82) is 0 Å². The minimum Gasteiger partial charge on any atom is -0.345 e. The van der Waals surface area contributed by atoms with E-state index in [2.05, 4.69) is 21.2 Å². The van der Waals surface area contributed by atoms with Gasteiger partial charge in [-0.3, -0.25) is 25.2 Å². The lowest BCUT2D eigenvalue weighted by Crippen LogP contribution is -2.49. The van der Waals surface area contributed by atoms with Crippen LogP contribution in [-0.2, 0) is 9.59 Å². The molecular weight excluding hydrogens is 324 g/mol. The Kier molecular flexibility index (Phi) is 4.16. The summed E-state index contributed by atoms with van der Waals surface area (Å²) in [6.07, 6.45) is 1.77. The molecule has 3 N–H and O–H groups in total. The van der Waals surface area contributed by atoms with Gasteiger partial charge < -0.3 is 5.32 Å². The number of carbonyl (C=O) groups excluding carboxylic acids is 3. The number of aromatic nitrogens is 1. The smallest absolute Gasteiger partial charge is 0.327 e. The molecule has 22 heavy (non-hydrogen) atoms. The van der Waals surface area contributed by atoms with Crippen LogP contribution in [0.4, 0.5) is 0 Å². The van der Waals surface area contributed by atoms with Gasteiger partial charge in [0.15, 0.2) is 0 Å². The van der Waals surface area contributed by atoms with E-state index in [0.29, 0.717) is 0 Å². The van der Waals surface area contributed by atoms with Gasteiger partial charge in [0.1, 0.15) is 10.7 Å². The van der Waals surface area contributed by atoms with Crippen molar-refractivity contribution in [2.45, 2.75) is 18.9 Å². The third-order valence-corrected chi connectivity index (χ3v) is 4.49. The van der Waals surface area contributed by atoms with Gasteiger partial charge in [0, 0.05) is 22.4 Å². The van der Waals surface area contributed by atoms with Crippen molar-refractivity contribution < 1.29 is 14.4 Å². The largest absolute Gasteiger partial charge is 0.345 e. The highest BCUT2D eigenvalue weighted by molar-refractivity contribution is 7.14. The second-order valence-corrected chi connectivity index (χ2v) is 6.34. The lowest BCUT2D eigenvalue weighted by Gasteiger charge is -2.05. The first-order valence-electron chi connectivity index (χ1n) is 6.53. The lowest BCUT2D eigenvalue weighted by atomic mass is 10.3. The lowest BCUT2D eigenvalue weighted by molar-refractivity contribution is -0.139. The van der Waals surface area contributed by atoms with Crippen molar-refractivity contribution in [1.82, 2.24) is 21.2 Å². The van der Waals surface area contributed by atoms with Crippen molar-refractivity contribution in [3.8, 4) is 10.6 Å². The zero-order chi connectivity index (χ0) is 15.5. The van der Waals surface area contributed by atoms with Crippen LogP contribution in [0.15, 0.2) is 22.2 Å². The highest BCUT2D eigenvalue weighted by Crippen LogP contribution is 2.25. The van der Waals surface area contributed by atoms with Crippen LogP contribution in [0.25, 0.3) is 10.6 Å². The Hall–Kier alpha value is -2.26. The summed E-state index contributed by atoms with van der Waals surface area (Å²) in [7, 11) is 0. The molecule has 0 aromatic carbocycles. The molecule has 1 aliphatic rings. The molecule has 9 heteroatoms. The molecule has 7 nitrogen and oxygen atoms in total. The summed E-state index contributed by atoms with van der Waals surface area (Å²) in [5.74, 6) is -2.21. The molecule has 0 aliphatic heterocycles. The van der Waals surface area contributed by atoms with Crippen LogP contribution in [0, 0.1) is 0 Å². The van der Waals surface area contributed by atoms with Gasteiger partial charge in [-0.2, -0.15) is 11.3 Å². The van der Waals surface area contributed by atoms with Crippen LogP contribution >= 0.6 is 22.7 Å². The van der Waals surface area contributed by atoms with E-state index in [0.717, 1.165) is 23.4 Å². The van der Waals surface area contributed by atoms with E-state index >= 15 is 0 Å². The molecule has 3 rings (SSSR count). The maximum absolute atomic E-state index is 11.9. The topological polar surface area (TPSA) is 100 Å². The predicted octanol–water partition coefficient (Wildman–Crippen LogP) is 0.911. The van der Waals surface area contributed by atoms with E-state index in [-0.39, 0.29) is 11.7 Å². The second-order valence-electron chi connectivity index (χ2n) is 4.71. The van der Waals surface area contributed by atoms with Crippen LogP contribution in [0.1, 0.15) is 23.3 Å². The Bertz CT molecular complexity index is 707. The van der Waals surface area contributed by atoms with Gasteiger partial charge in [-0.05, 0) is 24.3 Å². The van der Waals surface area contributed by atoms with Gasteiger partial charge in [0.2, 0.25) is 0 Å². The molecule has 0 bridgehead atoms. The Labute approximate surface area is 133 Å². The predicted molar refractivity (Wildman–Crippen MR) is 82.2 cm³/mol. The van der Waals surface area contributed by atoms with E-state index < -0.39 is 17.7 Å². The number of nitrogens with zero attached hydrogens (tertiary/aromatic N) is 1. The number of hydrogen-bond donors (Lipinski definition) is 3. The summed E-state index contributed by atoms with van der Waals surface area (Å²) in [6.45, 7) is 0. The molecule has 0 unspecified atom stereocenters. The van der Waals surface area contributed by atoms with Gasteiger partial charge in [0.25, 0.3) is 5.91 Å². The molecule has 0 radical (unpaired) electrons. The summed E-state index contributed by atoms with van der Waals surface area (Å²) in [5.41, 5.74) is 5.39. The minimum atomic E-state index is -0.895. The highest BCUT2D eigenvalue weighted by atomic mass is 32.1. The summed E-state index contributed by atoms with van der Waals surface area (Å²) >= 11 is 2.88. The van der Waals surface area contributed by atoms with Crippen molar-refractivity contribution in [3.63, 3.8) is 0 Å². The Morgan fingerprint density at radius 2 is 1.95 bits per heavy atom. The average Bonchev–Trinajstić information content (AvgIpc) is 2.99. The van der Waals surface area contributed by atoms with Crippen molar-refractivity contribution in [3.05, 3.63) is 27.9 Å².